The Bertz CT molecular complexity index is 2070. The van der Waals surface area contributed by atoms with E-state index in [0.717, 1.165) is 24.3 Å². The molecular formula is C31H31F6N4O6S2+. The summed E-state index contributed by atoms with van der Waals surface area (Å²) in [5.41, 5.74) is -0.937. The van der Waals surface area contributed by atoms with Gasteiger partial charge in [-0.15, -0.1) is 0 Å². The molecule has 10 nitrogen and oxygen atoms in total. The molecule has 0 fully saturated rings. The summed E-state index contributed by atoms with van der Waals surface area (Å²) in [6, 6.07) is 6.13. The SMILES string of the molecule is C=CN1\C(=C/C=C/C=C/c2n(CCCS(=O)(=O)O)c3cc(C(F)(F)F)ccc3[n+]2C=C)N(CCCS(=O)(=O)O)c2cc(C(F)(F)F)ccc21. The van der Waals surface area contributed by atoms with Crippen molar-refractivity contribution in [3.63, 3.8) is 0 Å². The quantitative estimate of drug-likeness (QED) is 0.0884. The van der Waals surface area contributed by atoms with E-state index in [4.69, 9.17) is 0 Å². The van der Waals surface area contributed by atoms with Crippen molar-refractivity contribution < 1.29 is 56.9 Å². The van der Waals surface area contributed by atoms with Gasteiger partial charge in [-0.3, -0.25) is 9.11 Å². The first-order valence-electron chi connectivity index (χ1n) is 14.4. The normalized spacial score (nSPS) is 15.3. The standard InChI is InChI=1S/C31H30F6N4O6S2/c1-3-38-24-14-12-22(30(32,33)34)20-26(24)40(16-8-18-48(42,43)44)28(38)10-6-5-7-11-29-39(4-2)25-15-13-23(31(35,36)37)21-27(25)41(29)17-9-19-49(45,46)47/h3-7,10-15,20-21H,1-2,8-9,16-19H2,(H-,42,43,44,45,46,47)/p+1. The van der Waals surface area contributed by atoms with Gasteiger partial charge in [-0.2, -0.15) is 47.7 Å². The van der Waals surface area contributed by atoms with Gasteiger partial charge in [0.2, 0.25) is 0 Å². The van der Waals surface area contributed by atoms with Gasteiger partial charge in [0.05, 0.1) is 46.8 Å². The molecule has 0 amide bonds. The maximum atomic E-state index is 13.5. The summed E-state index contributed by atoms with van der Waals surface area (Å²) in [6.45, 7) is 7.30. The van der Waals surface area contributed by atoms with Crippen LogP contribution in [0.15, 0.2) is 85.9 Å². The summed E-state index contributed by atoms with van der Waals surface area (Å²) in [5, 5.41) is 0. The second-order valence-electron chi connectivity index (χ2n) is 10.7. The highest BCUT2D eigenvalue weighted by molar-refractivity contribution is 7.86. The Labute approximate surface area is 278 Å². The number of fused-ring (bicyclic) bond motifs is 2. The molecule has 0 unspecified atom stereocenters. The molecule has 18 heteroatoms. The second-order valence-corrected chi connectivity index (χ2v) is 13.9. The monoisotopic (exact) mass is 733 g/mol. The molecule has 2 aromatic carbocycles. The third kappa shape index (κ3) is 9.00. The van der Waals surface area contributed by atoms with E-state index < -0.39 is 55.2 Å². The topological polar surface area (TPSA) is 124 Å². The maximum Gasteiger partial charge on any atom is 0.416 e. The van der Waals surface area contributed by atoms with Crippen molar-refractivity contribution in [1.29, 1.82) is 0 Å². The zero-order chi connectivity index (χ0) is 36.4. The molecule has 1 aliphatic rings. The van der Waals surface area contributed by atoms with Crippen molar-refractivity contribution in [3.05, 3.63) is 103 Å². The molecule has 2 N–H and O–H groups in total. The lowest BCUT2D eigenvalue weighted by molar-refractivity contribution is -0.542. The Kier molecular flexibility index (Phi) is 10.9. The molecule has 1 aromatic heterocycles. The molecule has 0 saturated heterocycles. The van der Waals surface area contributed by atoms with Crippen molar-refractivity contribution in [3.8, 4) is 0 Å². The van der Waals surface area contributed by atoms with Crippen LogP contribution in [0.3, 0.4) is 0 Å². The minimum atomic E-state index is -4.66. The number of allylic oxidation sites excluding steroid dienone is 4. The number of imidazole rings is 1. The van der Waals surface area contributed by atoms with Gasteiger partial charge < -0.3 is 9.80 Å². The largest absolute Gasteiger partial charge is 0.416 e. The zero-order valence-corrected chi connectivity index (χ0v) is 27.2. The number of rotatable bonds is 13. The molecule has 0 bridgehead atoms. The zero-order valence-electron chi connectivity index (χ0n) is 25.6. The van der Waals surface area contributed by atoms with Crippen LogP contribution in [-0.2, 0) is 39.1 Å². The van der Waals surface area contributed by atoms with E-state index in [1.807, 2.05) is 0 Å². The van der Waals surface area contributed by atoms with Crippen LogP contribution in [-0.4, -0.2) is 48.6 Å². The average Bonchev–Trinajstić information content (AvgIpc) is 3.45. The van der Waals surface area contributed by atoms with Crippen LogP contribution in [0.5, 0.6) is 0 Å². The van der Waals surface area contributed by atoms with Crippen LogP contribution >= 0.6 is 0 Å². The lowest BCUT2D eigenvalue weighted by atomic mass is 10.1. The van der Waals surface area contributed by atoms with Crippen LogP contribution in [0.1, 0.15) is 29.8 Å². The van der Waals surface area contributed by atoms with Gasteiger partial charge in [-0.1, -0.05) is 31.4 Å². The van der Waals surface area contributed by atoms with Crippen molar-refractivity contribution >= 4 is 54.9 Å². The van der Waals surface area contributed by atoms with Crippen LogP contribution in [0, 0.1) is 0 Å². The average molecular weight is 734 g/mol. The van der Waals surface area contributed by atoms with Crippen molar-refractivity contribution in [2.75, 3.05) is 27.9 Å². The first-order chi connectivity index (χ1) is 22.7. The summed E-state index contributed by atoms with van der Waals surface area (Å²) in [5.74, 6) is -0.651. The van der Waals surface area contributed by atoms with E-state index in [1.54, 1.807) is 0 Å². The van der Waals surface area contributed by atoms with E-state index in [9.17, 15) is 52.3 Å². The van der Waals surface area contributed by atoms with Gasteiger partial charge in [-0.05, 0) is 42.8 Å². The fourth-order valence-electron chi connectivity index (χ4n) is 5.34. The molecule has 3 aromatic rings. The Balaban J connectivity index is 1.73. The fraction of sp³-hybridized carbons (Fsp3) is 0.258. The van der Waals surface area contributed by atoms with Crippen LogP contribution in [0.4, 0.5) is 37.7 Å². The van der Waals surface area contributed by atoms with E-state index in [0.29, 0.717) is 22.8 Å². The van der Waals surface area contributed by atoms with E-state index in [1.165, 1.54) is 73.8 Å². The molecule has 0 radical (unpaired) electrons. The smallest absolute Gasteiger partial charge is 0.326 e. The molecule has 4 rings (SSSR count). The first-order valence-corrected chi connectivity index (χ1v) is 17.6. The first kappa shape index (κ1) is 37.4. The van der Waals surface area contributed by atoms with E-state index >= 15 is 0 Å². The Morgan fingerprint density at radius 2 is 1.37 bits per heavy atom. The van der Waals surface area contributed by atoms with Crippen molar-refractivity contribution in [1.82, 2.24) is 4.57 Å². The molecule has 0 spiro atoms. The summed E-state index contributed by atoms with van der Waals surface area (Å²) in [4.78, 5) is 2.94. The lowest BCUT2D eigenvalue weighted by Gasteiger charge is -2.23. The van der Waals surface area contributed by atoms with Crippen LogP contribution in [0.25, 0.3) is 23.3 Å². The number of anilines is 2. The number of nitrogens with zero attached hydrogens (tertiary/aromatic N) is 4. The highest BCUT2D eigenvalue weighted by Crippen LogP contribution is 2.45. The van der Waals surface area contributed by atoms with Crippen molar-refractivity contribution in [2.45, 2.75) is 31.7 Å². The minimum absolute atomic E-state index is 0.0864. The summed E-state index contributed by atoms with van der Waals surface area (Å²) in [7, 11) is -8.69. The van der Waals surface area contributed by atoms with Crippen LogP contribution < -0.4 is 14.4 Å². The second kappa shape index (κ2) is 14.2. The van der Waals surface area contributed by atoms with Gasteiger partial charge in [0.25, 0.3) is 26.1 Å². The fourth-order valence-corrected chi connectivity index (χ4v) is 6.33. The maximum absolute atomic E-state index is 13.5. The number of hydrogen-bond acceptors (Lipinski definition) is 6. The number of aromatic nitrogens is 2. The highest BCUT2D eigenvalue weighted by Gasteiger charge is 2.36. The molecule has 2 heterocycles. The molecule has 0 aliphatic carbocycles. The lowest BCUT2D eigenvalue weighted by Crippen LogP contribution is -2.29. The summed E-state index contributed by atoms with van der Waals surface area (Å²) in [6.07, 6.45) is 0.740. The number of alkyl halides is 6. The van der Waals surface area contributed by atoms with Crippen LogP contribution in [0.2, 0.25) is 0 Å². The van der Waals surface area contributed by atoms with Gasteiger partial charge in [0, 0.05) is 31.3 Å². The molecule has 49 heavy (non-hydrogen) atoms. The Hall–Kier alpha value is -4.39. The van der Waals surface area contributed by atoms with Gasteiger partial charge >= 0.3 is 12.4 Å². The van der Waals surface area contributed by atoms with E-state index in [2.05, 4.69) is 13.2 Å². The predicted octanol–water partition coefficient (Wildman–Crippen LogP) is 6.50. The summed E-state index contributed by atoms with van der Waals surface area (Å²) >= 11 is 0. The molecular weight excluding hydrogens is 702 g/mol. The summed E-state index contributed by atoms with van der Waals surface area (Å²) < 4.78 is 148. The molecule has 1 aliphatic heterocycles. The van der Waals surface area contributed by atoms with Gasteiger partial charge in [0.15, 0.2) is 11.0 Å². The van der Waals surface area contributed by atoms with Gasteiger partial charge in [0.1, 0.15) is 5.82 Å². The molecule has 0 saturated carbocycles. The molecule has 264 valence electrons. The Morgan fingerprint density at radius 1 is 0.776 bits per heavy atom. The Morgan fingerprint density at radius 3 is 1.94 bits per heavy atom. The predicted molar refractivity (Wildman–Crippen MR) is 173 cm³/mol. The number of benzene rings is 2. The highest BCUT2D eigenvalue weighted by atomic mass is 32.2. The third-order valence-electron chi connectivity index (χ3n) is 7.40. The number of aryl methyl sites for hydroxylation is 1. The molecule has 0 atom stereocenters. The number of halogens is 6. The van der Waals surface area contributed by atoms with E-state index in [-0.39, 0.29) is 37.1 Å². The third-order valence-corrected chi connectivity index (χ3v) is 9.01. The number of hydrogen-bond donors (Lipinski definition) is 2. The van der Waals surface area contributed by atoms with Crippen molar-refractivity contribution in [2.24, 2.45) is 0 Å². The minimum Gasteiger partial charge on any atom is -0.326 e. The van der Waals surface area contributed by atoms with Gasteiger partial charge in [-0.25, -0.2) is 4.57 Å².